The smallest absolute Gasteiger partial charge is 0.0420 e. The fourth-order valence-electron chi connectivity index (χ4n) is 0.789. The second-order valence-electron chi connectivity index (χ2n) is 3.42. The van der Waals surface area contributed by atoms with Crippen LogP contribution in [0.5, 0.6) is 0 Å². The molecule has 0 radical (unpaired) electrons. The summed E-state index contributed by atoms with van der Waals surface area (Å²) in [6.07, 6.45) is 4.47. The van der Waals surface area contributed by atoms with Gasteiger partial charge < -0.3 is 0 Å². The lowest BCUT2D eigenvalue weighted by Gasteiger charge is -2.12. The highest BCUT2D eigenvalue weighted by Crippen LogP contribution is 2.14. The topological polar surface area (TPSA) is 0 Å². The van der Waals surface area contributed by atoms with E-state index in [2.05, 4.69) is 34.3 Å². The summed E-state index contributed by atoms with van der Waals surface area (Å²) in [4.78, 5) is 0. The fourth-order valence-corrected chi connectivity index (χ4v) is 0.789. The molecular weight excluding hydrogens is 156 g/mol. The average molecular weight is 186 g/mol. The van der Waals surface area contributed by atoms with Gasteiger partial charge in [-0.2, -0.15) is 0 Å². The van der Waals surface area contributed by atoms with Crippen LogP contribution in [0.15, 0.2) is 12.7 Å². The highest BCUT2D eigenvalue weighted by atomic mass is 14.1. The van der Waals surface area contributed by atoms with Gasteiger partial charge in [0.1, 0.15) is 0 Å². The molecule has 0 aromatic heterocycles. The molecule has 0 aliphatic rings. The summed E-state index contributed by atoms with van der Waals surface area (Å²) in [6, 6.07) is 0. The van der Waals surface area contributed by atoms with Gasteiger partial charge in [-0.3, -0.25) is 0 Å². The first kappa shape index (κ1) is 18.5. The zero-order chi connectivity index (χ0) is 11.3. The van der Waals surface area contributed by atoms with E-state index in [0.717, 1.165) is 11.8 Å². The molecule has 0 N–H and O–H groups in total. The molecule has 82 valence electrons. The summed E-state index contributed by atoms with van der Waals surface area (Å²) in [6.45, 7) is 18.4. The zero-order valence-corrected chi connectivity index (χ0v) is 10.9. The molecule has 0 aliphatic heterocycles. The number of allylic oxidation sites excluding steroid dienone is 1. The van der Waals surface area contributed by atoms with Crippen LogP contribution >= 0.6 is 0 Å². The first-order valence-corrected chi connectivity index (χ1v) is 5.67. The molecular formula is C13H30. The molecule has 13 heavy (non-hydrogen) atoms. The second-order valence-corrected chi connectivity index (χ2v) is 3.42. The van der Waals surface area contributed by atoms with Gasteiger partial charge in [-0.05, 0) is 18.8 Å². The predicted octanol–water partition coefficient (Wildman–Crippen LogP) is 5.30. The van der Waals surface area contributed by atoms with Crippen LogP contribution in [-0.4, -0.2) is 0 Å². The van der Waals surface area contributed by atoms with Crippen molar-refractivity contribution >= 4 is 0 Å². The molecule has 0 aromatic carbocycles. The van der Waals surface area contributed by atoms with Gasteiger partial charge in [-0.15, -0.1) is 6.58 Å². The Morgan fingerprint density at radius 1 is 1.15 bits per heavy atom. The molecule has 0 nitrogen and oxygen atoms in total. The van der Waals surface area contributed by atoms with Gasteiger partial charge in [0.2, 0.25) is 0 Å². The molecule has 1 atom stereocenters. The Morgan fingerprint density at radius 2 is 1.46 bits per heavy atom. The van der Waals surface area contributed by atoms with E-state index < -0.39 is 0 Å². The normalized spacial score (nSPS) is 10.5. The summed E-state index contributed by atoms with van der Waals surface area (Å²) < 4.78 is 0. The van der Waals surface area contributed by atoms with Gasteiger partial charge in [0.25, 0.3) is 0 Å². The Labute approximate surface area is 86.4 Å². The molecule has 0 fully saturated rings. The van der Waals surface area contributed by atoms with Crippen molar-refractivity contribution in [2.75, 3.05) is 0 Å². The van der Waals surface area contributed by atoms with Crippen molar-refractivity contribution in [3.05, 3.63) is 12.7 Å². The van der Waals surface area contributed by atoms with Crippen molar-refractivity contribution in [1.82, 2.24) is 0 Å². The fraction of sp³-hybridized carbons (Fsp3) is 0.846. The van der Waals surface area contributed by atoms with Gasteiger partial charge in [0, 0.05) is 0 Å². The molecule has 0 heterocycles. The van der Waals surface area contributed by atoms with E-state index in [9.17, 15) is 0 Å². The predicted molar refractivity (Wildman–Crippen MR) is 66.1 cm³/mol. The summed E-state index contributed by atoms with van der Waals surface area (Å²) in [7, 11) is 0. The van der Waals surface area contributed by atoms with Crippen LogP contribution in [0.1, 0.15) is 61.3 Å². The molecule has 0 rings (SSSR count). The lowest BCUT2D eigenvalue weighted by molar-refractivity contribution is 0.389. The lowest BCUT2D eigenvalue weighted by atomic mass is 9.94. The molecule has 0 aliphatic carbocycles. The quantitative estimate of drug-likeness (QED) is 0.525. The summed E-state index contributed by atoms with van der Waals surface area (Å²) >= 11 is 0. The minimum atomic E-state index is 0.870. The van der Waals surface area contributed by atoms with Crippen LogP contribution in [0, 0.1) is 11.8 Å². The van der Waals surface area contributed by atoms with Gasteiger partial charge in [-0.25, -0.2) is 0 Å². The summed E-state index contributed by atoms with van der Waals surface area (Å²) in [5.74, 6) is 1.79. The van der Waals surface area contributed by atoms with Gasteiger partial charge in [0.05, 0.1) is 0 Å². The third-order valence-electron chi connectivity index (χ3n) is 1.88. The molecule has 0 spiro atoms. The first-order valence-electron chi connectivity index (χ1n) is 5.67. The zero-order valence-electron chi connectivity index (χ0n) is 10.9. The minimum Gasteiger partial charge on any atom is -0.103 e. The van der Waals surface area contributed by atoms with Gasteiger partial charge in [0.15, 0.2) is 0 Å². The Hall–Kier alpha value is -0.260. The first-order chi connectivity index (χ1) is 6.09. The van der Waals surface area contributed by atoms with Crippen molar-refractivity contribution in [2.45, 2.75) is 61.3 Å². The average Bonchev–Trinajstić information content (AvgIpc) is 2.10. The van der Waals surface area contributed by atoms with E-state index in [1.807, 2.05) is 20.8 Å². The SMILES string of the molecule is C=CC.CC.CCCC(C)C(C)C. The van der Waals surface area contributed by atoms with Crippen LogP contribution in [0.3, 0.4) is 0 Å². The van der Waals surface area contributed by atoms with E-state index in [1.54, 1.807) is 6.08 Å². The number of rotatable bonds is 3. The molecule has 1 unspecified atom stereocenters. The number of hydrogen-bond acceptors (Lipinski definition) is 0. The maximum atomic E-state index is 3.36. The van der Waals surface area contributed by atoms with Crippen LogP contribution in [0.25, 0.3) is 0 Å². The van der Waals surface area contributed by atoms with Crippen LogP contribution in [-0.2, 0) is 0 Å². The van der Waals surface area contributed by atoms with Crippen LogP contribution < -0.4 is 0 Å². The van der Waals surface area contributed by atoms with E-state index in [4.69, 9.17) is 0 Å². The van der Waals surface area contributed by atoms with Crippen molar-refractivity contribution < 1.29 is 0 Å². The third kappa shape index (κ3) is 24.5. The van der Waals surface area contributed by atoms with Gasteiger partial charge >= 0.3 is 0 Å². The molecule has 0 saturated heterocycles. The highest BCUT2D eigenvalue weighted by Gasteiger charge is 2.03. The van der Waals surface area contributed by atoms with Crippen molar-refractivity contribution in [2.24, 2.45) is 11.8 Å². The van der Waals surface area contributed by atoms with Crippen molar-refractivity contribution in [3.63, 3.8) is 0 Å². The van der Waals surface area contributed by atoms with Crippen LogP contribution in [0.2, 0.25) is 0 Å². The molecule has 0 amide bonds. The molecule has 0 heteroatoms. The Kier molecular flexibility index (Phi) is 25.2. The summed E-state index contributed by atoms with van der Waals surface area (Å²) in [5.41, 5.74) is 0. The lowest BCUT2D eigenvalue weighted by Crippen LogP contribution is -2.02. The Bertz CT molecular complexity index is 72.1. The largest absolute Gasteiger partial charge is 0.103 e. The highest BCUT2D eigenvalue weighted by molar-refractivity contribution is 4.54. The standard InChI is InChI=1S/C8H18.C3H6.C2H6/c1-5-6-8(4)7(2)3;1-3-2;1-2/h7-8H,5-6H2,1-4H3;3H,1H2,2H3;1-2H3. The molecule has 0 bridgehead atoms. The maximum absolute atomic E-state index is 3.36. The maximum Gasteiger partial charge on any atom is -0.0420 e. The monoisotopic (exact) mass is 186 g/mol. The Balaban J connectivity index is -0.000000169. The third-order valence-corrected chi connectivity index (χ3v) is 1.88. The molecule has 0 saturated carbocycles. The van der Waals surface area contributed by atoms with E-state index in [-0.39, 0.29) is 0 Å². The van der Waals surface area contributed by atoms with Gasteiger partial charge in [-0.1, -0.05) is 60.5 Å². The van der Waals surface area contributed by atoms with Crippen molar-refractivity contribution in [3.8, 4) is 0 Å². The number of hydrogen-bond donors (Lipinski definition) is 0. The van der Waals surface area contributed by atoms with E-state index in [0.29, 0.717) is 0 Å². The van der Waals surface area contributed by atoms with Crippen molar-refractivity contribution in [1.29, 1.82) is 0 Å². The van der Waals surface area contributed by atoms with E-state index >= 15 is 0 Å². The summed E-state index contributed by atoms with van der Waals surface area (Å²) in [5, 5.41) is 0. The second kappa shape index (κ2) is 17.7. The minimum absolute atomic E-state index is 0.870. The van der Waals surface area contributed by atoms with Crippen LogP contribution in [0.4, 0.5) is 0 Å². The Morgan fingerprint density at radius 3 is 1.54 bits per heavy atom. The van der Waals surface area contributed by atoms with E-state index in [1.165, 1.54) is 12.8 Å². The molecule has 0 aromatic rings.